The van der Waals surface area contributed by atoms with E-state index in [1.165, 1.54) is 18.2 Å². The van der Waals surface area contributed by atoms with Crippen LogP contribution in [0.4, 0.5) is 33.3 Å². The predicted octanol–water partition coefficient (Wildman–Crippen LogP) is 23.1. The molecule has 0 aliphatic rings. The fourth-order valence-corrected chi connectivity index (χ4v) is 13.4. The summed E-state index contributed by atoms with van der Waals surface area (Å²) in [6, 6.07) is 87.8. The first-order chi connectivity index (χ1) is 51.4. The van der Waals surface area contributed by atoms with Crippen LogP contribution in [0.3, 0.4) is 0 Å². The molecule has 4 heterocycles. The number of nitriles is 3. The number of rotatable bonds is 9. The smallest absolute Gasteiger partial charge is 0.200 e. The van der Waals surface area contributed by atoms with Gasteiger partial charge in [0.05, 0.1) is 121 Å². The molecule has 105 heavy (non-hydrogen) atoms. The van der Waals surface area contributed by atoms with E-state index < -0.39 is 34.6 Å². The second kappa shape index (κ2) is 26.9. The summed E-state index contributed by atoms with van der Waals surface area (Å²) in [4.78, 5) is 38.9. The highest BCUT2D eigenvalue weighted by molar-refractivity contribution is 6.25. The molecule has 4 aromatic heterocycles. The minimum Gasteiger partial charge on any atom is -0.247 e. The van der Waals surface area contributed by atoms with Crippen molar-refractivity contribution in [3.8, 4) is 119 Å². The summed E-state index contributed by atoms with van der Waals surface area (Å²) in [6.07, 6.45) is 0. The predicted molar refractivity (Wildman–Crippen MR) is 400 cm³/mol. The Kier molecular flexibility index (Phi) is 16.6. The lowest BCUT2D eigenvalue weighted by atomic mass is 9.92. The summed E-state index contributed by atoms with van der Waals surface area (Å²) >= 11 is 0. The van der Waals surface area contributed by atoms with Gasteiger partial charge in [0.2, 0.25) is 5.82 Å². The highest BCUT2D eigenvalue weighted by Gasteiger charge is 2.29. The van der Waals surface area contributed by atoms with Crippen molar-refractivity contribution in [2.75, 3.05) is 0 Å². The van der Waals surface area contributed by atoms with E-state index in [1.807, 2.05) is 152 Å². The summed E-state index contributed by atoms with van der Waals surface area (Å²) in [5, 5.41) is 33.5. The molecular weight excluding hydrogens is 1320 g/mol. The van der Waals surface area contributed by atoms with Crippen LogP contribution in [0.15, 0.2) is 267 Å². The van der Waals surface area contributed by atoms with Gasteiger partial charge in [-0.25, -0.2) is 61.5 Å². The first-order valence-corrected chi connectivity index (χ1v) is 32.8. The van der Waals surface area contributed by atoms with Crippen LogP contribution in [-0.2, 0) is 0 Å². The molecule has 0 aliphatic carbocycles. The van der Waals surface area contributed by atoms with E-state index >= 15 is 8.78 Å². The number of nitrogens with zero attached hydrogens (tertiary/aromatic N) is 11. The molecule has 0 saturated carbocycles. The number of fused-ring (bicyclic) bond motifs is 10. The van der Waals surface area contributed by atoms with Crippen molar-refractivity contribution >= 4 is 76.8 Å². The number of hydrogen-bond acceptors (Lipinski definition) is 9. The maximum absolute atomic E-state index is 15.1. The van der Waals surface area contributed by atoms with Crippen LogP contribution >= 0.6 is 0 Å². The van der Waals surface area contributed by atoms with Gasteiger partial charge in [-0.05, 0) is 94.5 Å². The number of para-hydroxylation sites is 2. The van der Waals surface area contributed by atoms with Gasteiger partial charge in [-0.15, -0.1) is 0 Å². The van der Waals surface area contributed by atoms with Crippen molar-refractivity contribution in [3.05, 3.63) is 336 Å². The van der Waals surface area contributed by atoms with Gasteiger partial charge in [0.25, 0.3) is 0 Å². The molecule has 0 bridgehead atoms. The Balaban J connectivity index is 0.000000164. The maximum atomic E-state index is 15.1. The third-order valence-corrected chi connectivity index (χ3v) is 18.4. The van der Waals surface area contributed by atoms with Crippen LogP contribution in [0.25, 0.3) is 176 Å². The van der Waals surface area contributed by atoms with Crippen molar-refractivity contribution in [3.63, 3.8) is 0 Å². The Bertz CT molecular complexity index is 6650. The number of benzene rings is 13. The first kappa shape index (κ1) is 64.6. The van der Waals surface area contributed by atoms with Crippen LogP contribution in [0.5, 0.6) is 0 Å². The molecule has 0 aliphatic heterocycles. The number of pyridine rings is 2. The van der Waals surface area contributed by atoms with Gasteiger partial charge in [-0.2, -0.15) is 15.8 Å². The second-order valence-electron chi connectivity index (χ2n) is 24.5. The summed E-state index contributed by atoms with van der Waals surface area (Å²) in [7, 11) is 0. The van der Waals surface area contributed by atoms with Gasteiger partial charge in [-0.3, -0.25) is 0 Å². The number of hydrogen-bond donors (Lipinski definition) is 0. The van der Waals surface area contributed by atoms with Gasteiger partial charge in [0.15, 0.2) is 34.6 Å². The molecule has 490 valence electrons. The normalized spacial score (nSPS) is 11.0. The van der Waals surface area contributed by atoms with E-state index in [1.54, 1.807) is 72.8 Å². The van der Waals surface area contributed by atoms with E-state index in [0.29, 0.717) is 112 Å². The second-order valence-corrected chi connectivity index (χ2v) is 24.5. The zero-order chi connectivity index (χ0) is 72.0. The first-order valence-electron chi connectivity index (χ1n) is 32.8. The monoisotopic (exact) mass is 1360 g/mol. The van der Waals surface area contributed by atoms with Crippen LogP contribution in [0.2, 0.25) is 0 Å². The van der Waals surface area contributed by atoms with E-state index in [4.69, 9.17) is 43.0 Å². The Morgan fingerprint density at radius 1 is 0.267 bits per heavy atom. The van der Waals surface area contributed by atoms with Crippen LogP contribution < -0.4 is 0 Å². The lowest BCUT2D eigenvalue weighted by Gasteiger charge is -2.18. The van der Waals surface area contributed by atoms with Gasteiger partial charge in [0.1, 0.15) is 0 Å². The topological polar surface area (TPSA) is 157 Å². The van der Waals surface area contributed by atoms with Crippen molar-refractivity contribution in [2.24, 2.45) is 0 Å². The van der Waals surface area contributed by atoms with Crippen LogP contribution in [0, 0.1) is 76.2 Å². The minimum atomic E-state index is -2.24. The summed E-state index contributed by atoms with van der Waals surface area (Å²) in [6.45, 7) is 14.9. The average molecular weight is 1360 g/mol. The largest absolute Gasteiger partial charge is 0.247 e. The fourth-order valence-electron chi connectivity index (χ4n) is 13.4. The van der Waals surface area contributed by atoms with Crippen molar-refractivity contribution in [1.29, 1.82) is 15.8 Å². The molecule has 13 aromatic carbocycles. The molecule has 17 rings (SSSR count). The quantitative estimate of drug-likeness (QED) is 0.0451. The molecule has 0 amide bonds. The molecule has 17 aromatic rings. The Labute approximate surface area is 595 Å². The number of aromatic nitrogens is 6. The summed E-state index contributed by atoms with van der Waals surface area (Å²) in [5.74, 6) is -10.2. The molecule has 0 radical (unpaired) electrons. The lowest BCUT2D eigenvalue weighted by Crippen LogP contribution is -2.04. The van der Waals surface area contributed by atoms with Crippen molar-refractivity contribution < 1.29 is 22.0 Å². The van der Waals surface area contributed by atoms with E-state index in [2.05, 4.69) is 52.2 Å². The van der Waals surface area contributed by atoms with E-state index in [0.717, 1.165) is 71.7 Å². The Morgan fingerprint density at radius 2 is 0.610 bits per heavy atom. The van der Waals surface area contributed by atoms with Crippen molar-refractivity contribution in [1.82, 2.24) is 29.9 Å². The molecule has 0 fully saturated rings. The van der Waals surface area contributed by atoms with E-state index in [-0.39, 0.29) is 5.56 Å². The molecule has 0 atom stereocenters. The highest BCUT2D eigenvalue weighted by Crippen LogP contribution is 2.47. The standard InChI is InChI=1S/C47H22F5N5.C42H22N6/c1-54-31-20-18-28(19-21-31)44-45(27-16-14-25(24-53)15-17-27)57-47-37-32-12-5-6-13-35(32)55-43(34(37)23-33(46(47)56-44)26-8-3-2-4-9-26)30-11-7-10-29(22-30)36-38(48)40(50)42(52)41(51)39(36)49;1-45-32-20-18-30(19-21-32)39-40(29-16-14-26(24-43)15-17-29)48-42-37-33-12-5-6-13-36(33)46-38(31-11-7-8-27(22-31)25-44)35(37)23-34(41(42)47-39)28-9-3-2-4-10-28/h2-23H;2-23H. The molecule has 0 saturated heterocycles. The van der Waals surface area contributed by atoms with Crippen LogP contribution in [0.1, 0.15) is 16.7 Å². The average Bonchev–Trinajstić information content (AvgIpc) is 0.724. The van der Waals surface area contributed by atoms with Crippen LogP contribution in [-0.4, -0.2) is 29.9 Å². The molecular formula is C89H44F5N11. The Hall–Kier alpha value is -15.0. The molecule has 16 heteroatoms. The van der Waals surface area contributed by atoms with E-state index in [9.17, 15) is 29.0 Å². The maximum Gasteiger partial charge on any atom is 0.200 e. The lowest BCUT2D eigenvalue weighted by molar-refractivity contribution is 0.381. The Morgan fingerprint density at radius 3 is 1.02 bits per heavy atom. The summed E-state index contributed by atoms with van der Waals surface area (Å²) < 4.78 is 73.1. The summed E-state index contributed by atoms with van der Waals surface area (Å²) in [5.41, 5.74) is 16.2. The van der Waals surface area contributed by atoms with Gasteiger partial charge in [0, 0.05) is 65.7 Å². The van der Waals surface area contributed by atoms with Crippen molar-refractivity contribution in [2.45, 2.75) is 0 Å². The molecule has 0 spiro atoms. The zero-order valence-corrected chi connectivity index (χ0v) is 54.7. The third kappa shape index (κ3) is 11.6. The molecule has 0 N–H and O–H groups in total. The SMILES string of the molecule is [C-]#[N+]c1ccc(-c2nc3c(-c4ccccc4)cc4c(-c5cccc(-c6c(F)c(F)c(F)c(F)c6F)c5)nc5ccccc5c4c3nc2-c2ccc(C#N)cc2)cc1.[C-]#[N+]c1ccc(-c2nc3c(-c4ccccc4)cc4c(-c5cccc(C#N)c5)nc5ccccc5c4c3nc2-c2ccc(C#N)cc2)cc1. The van der Waals surface area contributed by atoms with Gasteiger partial charge >= 0.3 is 0 Å². The zero-order valence-electron chi connectivity index (χ0n) is 54.7. The highest BCUT2D eigenvalue weighted by atomic mass is 19.2. The van der Waals surface area contributed by atoms with Gasteiger partial charge < -0.3 is 0 Å². The van der Waals surface area contributed by atoms with Gasteiger partial charge in [-0.1, -0.05) is 200 Å². The molecule has 11 nitrogen and oxygen atoms in total. The fraction of sp³-hybridized carbons (Fsp3) is 0. The minimum absolute atomic E-state index is 0.232. The number of halogens is 5. The third-order valence-electron chi connectivity index (χ3n) is 18.4. The molecule has 0 unspecified atom stereocenters.